The SMILES string of the molecule is Cc1cc(C)nc(N(C)CCN(C)c2ccc(NC(=O)C(=O)c3c(-c4ccccc4)cc4n3CCCC4)cc2)c1. The number of nitrogens with zero attached hydrogens (tertiary/aromatic N) is 4. The van der Waals surface area contributed by atoms with E-state index in [1.54, 1.807) is 0 Å². The summed E-state index contributed by atoms with van der Waals surface area (Å²) in [6.07, 6.45) is 3.02. The van der Waals surface area contributed by atoms with Crippen molar-refractivity contribution in [1.82, 2.24) is 9.55 Å². The Bertz CT molecular complexity index is 1490. The zero-order chi connectivity index (χ0) is 28.2. The zero-order valence-electron chi connectivity index (χ0n) is 23.8. The van der Waals surface area contributed by atoms with Gasteiger partial charge in [-0.15, -0.1) is 0 Å². The lowest BCUT2D eigenvalue weighted by Crippen LogP contribution is -2.31. The van der Waals surface area contributed by atoms with E-state index in [2.05, 4.69) is 52.3 Å². The molecule has 4 aromatic rings. The number of carbonyl (C=O) groups excluding carboxylic acids is 2. The number of anilines is 3. The third kappa shape index (κ3) is 5.93. The molecule has 1 amide bonds. The molecular formula is C33H37N5O2. The summed E-state index contributed by atoms with van der Waals surface area (Å²) in [5, 5.41) is 2.83. The van der Waals surface area contributed by atoms with Gasteiger partial charge in [-0.3, -0.25) is 9.59 Å². The van der Waals surface area contributed by atoms with Crippen molar-refractivity contribution in [2.75, 3.05) is 42.3 Å². The molecule has 0 bridgehead atoms. The number of benzene rings is 2. The minimum atomic E-state index is -0.618. The van der Waals surface area contributed by atoms with Crippen LogP contribution in [0.1, 0.15) is 40.3 Å². The fraction of sp³-hybridized carbons (Fsp3) is 0.303. The van der Waals surface area contributed by atoms with Crippen LogP contribution in [0.4, 0.5) is 17.2 Å². The molecule has 0 aliphatic carbocycles. The number of aromatic nitrogens is 2. The summed E-state index contributed by atoms with van der Waals surface area (Å²) >= 11 is 0. The van der Waals surface area contributed by atoms with Crippen LogP contribution in [0.3, 0.4) is 0 Å². The summed E-state index contributed by atoms with van der Waals surface area (Å²) in [7, 11) is 4.09. The molecule has 3 heterocycles. The number of pyridine rings is 1. The first-order chi connectivity index (χ1) is 19.3. The highest BCUT2D eigenvalue weighted by Crippen LogP contribution is 2.31. The summed E-state index contributed by atoms with van der Waals surface area (Å²) in [6.45, 7) is 6.47. The number of amides is 1. The number of likely N-dealkylation sites (N-methyl/N-ethyl adjacent to an activating group) is 2. The number of fused-ring (bicyclic) bond motifs is 1. The molecule has 0 saturated heterocycles. The van der Waals surface area contributed by atoms with Crippen LogP contribution in [0.2, 0.25) is 0 Å². The van der Waals surface area contributed by atoms with E-state index in [9.17, 15) is 9.59 Å². The van der Waals surface area contributed by atoms with Crippen molar-refractivity contribution in [3.8, 4) is 11.1 Å². The van der Waals surface area contributed by atoms with Crippen molar-refractivity contribution >= 4 is 28.9 Å². The minimum absolute atomic E-state index is 0.483. The van der Waals surface area contributed by atoms with Crippen molar-refractivity contribution in [3.63, 3.8) is 0 Å². The lowest BCUT2D eigenvalue weighted by Gasteiger charge is -2.25. The maximum Gasteiger partial charge on any atom is 0.298 e. The van der Waals surface area contributed by atoms with E-state index in [-0.39, 0.29) is 0 Å². The molecule has 0 spiro atoms. The number of ketones is 1. The Morgan fingerprint density at radius 1 is 0.900 bits per heavy atom. The van der Waals surface area contributed by atoms with Crippen LogP contribution < -0.4 is 15.1 Å². The van der Waals surface area contributed by atoms with Gasteiger partial charge in [0.05, 0.1) is 0 Å². The molecule has 0 atom stereocenters. The van der Waals surface area contributed by atoms with Crippen LogP contribution in [0, 0.1) is 13.8 Å². The molecule has 2 aromatic heterocycles. The third-order valence-electron chi connectivity index (χ3n) is 7.57. The van der Waals surface area contributed by atoms with Gasteiger partial charge in [-0.2, -0.15) is 0 Å². The van der Waals surface area contributed by atoms with Crippen LogP contribution in [-0.4, -0.2) is 48.4 Å². The number of aryl methyl sites for hydroxylation is 3. The van der Waals surface area contributed by atoms with Gasteiger partial charge >= 0.3 is 0 Å². The van der Waals surface area contributed by atoms with E-state index in [1.807, 2.05) is 73.1 Å². The Balaban J connectivity index is 1.25. The fourth-order valence-corrected chi connectivity index (χ4v) is 5.38. The first kappa shape index (κ1) is 27.2. The summed E-state index contributed by atoms with van der Waals surface area (Å²) in [6, 6.07) is 23.7. The van der Waals surface area contributed by atoms with Crippen molar-refractivity contribution in [2.24, 2.45) is 0 Å². The maximum atomic E-state index is 13.5. The van der Waals surface area contributed by atoms with Gasteiger partial charge < -0.3 is 19.7 Å². The van der Waals surface area contributed by atoms with Gasteiger partial charge in [0.2, 0.25) is 0 Å². The van der Waals surface area contributed by atoms with Crippen molar-refractivity contribution < 1.29 is 9.59 Å². The van der Waals surface area contributed by atoms with Crippen LogP contribution in [-0.2, 0) is 17.8 Å². The number of hydrogen-bond donors (Lipinski definition) is 1. The van der Waals surface area contributed by atoms with Gasteiger partial charge in [0.15, 0.2) is 0 Å². The smallest absolute Gasteiger partial charge is 0.298 e. The number of carbonyl (C=O) groups is 2. The quantitative estimate of drug-likeness (QED) is 0.214. The third-order valence-corrected chi connectivity index (χ3v) is 7.57. The molecule has 206 valence electrons. The highest BCUT2D eigenvalue weighted by molar-refractivity contribution is 6.47. The first-order valence-corrected chi connectivity index (χ1v) is 13.9. The average Bonchev–Trinajstić information content (AvgIpc) is 3.35. The summed E-state index contributed by atoms with van der Waals surface area (Å²) in [5.41, 5.74) is 7.22. The molecule has 1 aliphatic heterocycles. The summed E-state index contributed by atoms with van der Waals surface area (Å²) in [5.74, 6) is -0.156. The van der Waals surface area contributed by atoms with E-state index in [4.69, 9.17) is 0 Å². The Kier molecular flexibility index (Phi) is 8.01. The van der Waals surface area contributed by atoms with Crippen molar-refractivity contribution in [1.29, 1.82) is 0 Å². The second-order valence-corrected chi connectivity index (χ2v) is 10.7. The Labute approximate surface area is 236 Å². The predicted molar refractivity (Wildman–Crippen MR) is 162 cm³/mol. The molecule has 0 fully saturated rings. The molecule has 5 rings (SSSR count). The predicted octanol–water partition coefficient (Wildman–Crippen LogP) is 5.90. The van der Waals surface area contributed by atoms with Crippen LogP contribution >= 0.6 is 0 Å². The van der Waals surface area contributed by atoms with E-state index >= 15 is 0 Å². The van der Waals surface area contributed by atoms with Crippen molar-refractivity contribution in [2.45, 2.75) is 39.7 Å². The van der Waals surface area contributed by atoms with Crippen LogP contribution in [0.15, 0.2) is 72.8 Å². The van der Waals surface area contributed by atoms with E-state index in [0.29, 0.717) is 11.4 Å². The Morgan fingerprint density at radius 2 is 1.62 bits per heavy atom. The molecule has 7 heteroatoms. The van der Waals surface area contributed by atoms with Crippen LogP contribution in [0.25, 0.3) is 11.1 Å². The van der Waals surface area contributed by atoms with Gasteiger partial charge in [0.25, 0.3) is 11.7 Å². The van der Waals surface area contributed by atoms with Gasteiger partial charge in [-0.05, 0) is 86.7 Å². The molecular weight excluding hydrogens is 498 g/mol. The van der Waals surface area contributed by atoms with Gasteiger partial charge in [-0.1, -0.05) is 30.3 Å². The fourth-order valence-electron chi connectivity index (χ4n) is 5.38. The molecule has 2 aromatic carbocycles. The first-order valence-electron chi connectivity index (χ1n) is 13.9. The summed E-state index contributed by atoms with van der Waals surface area (Å²) in [4.78, 5) is 35.6. The van der Waals surface area contributed by atoms with E-state index < -0.39 is 11.7 Å². The number of hydrogen-bond acceptors (Lipinski definition) is 5. The molecule has 1 N–H and O–H groups in total. The van der Waals surface area contributed by atoms with Crippen LogP contribution in [0.5, 0.6) is 0 Å². The lowest BCUT2D eigenvalue weighted by molar-refractivity contribution is -0.112. The van der Waals surface area contributed by atoms with Crippen molar-refractivity contribution in [3.05, 3.63) is 95.4 Å². The second kappa shape index (κ2) is 11.8. The summed E-state index contributed by atoms with van der Waals surface area (Å²) < 4.78 is 2.04. The molecule has 40 heavy (non-hydrogen) atoms. The molecule has 7 nitrogen and oxygen atoms in total. The monoisotopic (exact) mass is 535 g/mol. The Morgan fingerprint density at radius 3 is 2.35 bits per heavy atom. The molecule has 0 unspecified atom stereocenters. The largest absolute Gasteiger partial charge is 0.373 e. The highest BCUT2D eigenvalue weighted by atomic mass is 16.2. The number of rotatable bonds is 9. The van der Waals surface area contributed by atoms with Gasteiger partial charge in [0.1, 0.15) is 11.5 Å². The standard InChI is InChI=1S/C33H37N5O2/c1-23-20-24(2)34-30(21-23)37(4)19-18-36(3)27-15-13-26(14-16-27)35-33(40)32(39)31-29(25-10-6-5-7-11-25)22-28-12-8-9-17-38(28)31/h5-7,10-11,13-16,20-22H,8-9,12,17-19H2,1-4H3,(H,35,40). The number of Topliss-reactive ketones (excluding diaryl/α,β-unsaturated/α-hetero) is 1. The van der Waals surface area contributed by atoms with E-state index in [1.165, 1.54) is 5.56 Å². The highest BCUT2D eigenvalue weighted by Gasteiger charge is 2.28. The lowest BCUT2D eigenvalue weighted by atomic mass is 10.0. The Hall–Kier alpha value is -4.39. The second-order valence-electron chi connectivity index (χ2n) is 10.7. The molecule has 1 aliphatic rings. The van der Waals surface area contributed by atoms with Gasteiger partial charge in [-0.25, -0.2) is 4.98 Å². The van der Waals surface area contributed by atoms with Gasteiger partial charge in [0, 0.05) is 62.1 Å². The molecule has 0 radical (unpaired) electrons. The normalized spacial score (nSPS) is 12.5. The average molecular weight is 536 g/mol. The zero-order valence-corrected chi connectivity index (χ0v) is 23.8. The molecule has 0 saturated carbocycles. The topological polar surface area (TPSA) is 70.5 Å². The van der Waals surface area contributed by atoms with E-state index in [0.717, 1.165) is 72.9 Å². The maximum absolute atomic E-state index is 13.5. The minimum Gasteiger partial charge on any atom is -0.373 e. The number of nitrogens with one attached hydrogen (secondary N) is 1.